The molecule has 0 saturated carbocycles. The number of carboxylic acids is 1. The van der Waals surface area contributed by atoms with Crippen LogP contribution in [0.2, 0.25) is 0 Å². The van der Waals surface area contributed by atoms with Crippen LogP contribution < -0.4 is 5.43 Å². The molecule has 2 unspecified atom stereocenters. The lowest BCUT2D eigenvalue weighted by molar-refractivity contribution is -0.146. The van der Waals surface area contributed by atoms with E-state index in [1.54, 1.807) is 13.8 Å². The van der Waals surface area contributed by atoms with Gasteiger partial charge in [0.05, 0.1) is 12.7 Å². The lowest BCUT2D eigenvalue weighted by Crippen LogP contribution is -2.56. The quantitative estimate of drug-likeness (QED) is 0.326. The van der Waals surface area contributed by atoms with Crippen molar-refractivity contribution in [3.8, 4) is 11.1 Å². The van der Waals surface area contributed by atoms with E-state index in [0.29, 0.717) is 6.54 Å². The molecular formula is C28H36N2O5. The Labute approximate surface area is 207 Å². The van der Waals surface area contributed by atoms with Gasteiger partial charge in [-0.05, 0) is 46.9 Å². The molecule has 2 N–H and O–H groups in total. The molecule has 1 aliphatic carbocycles. The Bertz CT molecular complexity index is 990. The van der Waals surface area contributed by atoms with E-state index in [1.165, 1.54) is 5.01 Å². The van der Waals surface area contributed by atoms with Crippen molar-refractivity contribution in [3.05, 3.63) is 59.7 Å². The first-order valence-corrected chi connectivity index (χ1v) is 12.6. The van der Waals surface area contributed by atoms with Gasteiger partial charge in [0.15, 0.2) is 6.04 Å². The number of hydrogen-bond acceptors (Lipinski definition) is 5. The number of nitrogens with zero attached hydrogens (tertiary/aromatic N) is 1. The van der Waals surface area contributed by atoms with Crippen LogP contribution in [0.15, 0.2) is 48.5 Å². The van der Waals surface area contributed by atoms with Crippen LogP contribution in [0.3, 0.4) is 0 Å². The molecule has 3 atom stereocenters. The topological polar surface area (TPSA) is 91.4 Å². The molecule has 2 aliphatic rings. The van der Waals surface area contributed by atoms with Gasteiger partial charge in [0.2, 0.25) is 0 Å². The van der Waals surface area contributed by atoms with Crippen LogP contribution in [-0.4, -0.2) is 54.1 Å². The Morgan fingerprint density at radius 1 is 1.11 bits per heavy atom. The Balaban J connectivity index is 1.49. The first-order chi connectivity index (χ1) is 16.9. The van der Waals surface area contributed by atoms with Gasteiger partial charge in [0.25, 0.3) is 0 Å². The molecule has 7 nitrogen and oxygen atoms in total. The van der Waals surface area contributed by atoms with Gasteiger partial charge in [0, 0.05) is 12.5 Å². The summed E-state index contributed by atoms with van der Waals surface area (Å²) in [6, 6.07) is 15.3. The summed E-state index contributed by atoms with van der Waals surface area (Å²) in [5, 5.41) is 11.1. The molecule has 188 valence electrons. The van der Waals surface area contributed by atoms with E-state index in [9.17, 15) is 14.7 Å². The number of carbonyl (C=O) groups excluding carboxylic acids is 1. The summed E-state index contributed by atoms with van der Waals surface area (Å²) in [4.78, 5) is 25.5. The lowest BCUT2D eigenvalue weighted by atomic mass is 9.98. The van der Waals surface area contributed by atoms with Gasteiger partial charge in [-0.1, -0.05) is 75.7 Å². The number of ether oxygens (including phenoxy) is 2. The van der Waals surface area contributed by atoms with Crippen molar-refractivity contribution in [2.45, 2.75) is 58.1 Å². The molecule has 1 saturated heterocycles. The number of carboxylic acid groups (broad SMARTS) is 1. The van der Waals surface area contributed by atoms with Crippen molar-refractivity contribution in [2.75, 3.05) is 19.8 Å². The van der Waals surface area contributed by atoms with Gasteiger partial charge >= 0.3 is 12.1 Å². The van der Waals surface area contributed by atoms with Gasteiger partial charge in [-0.3, -0.25) is 0 Å². The van der Waals surface area contributed by atoms with Crippen molar-refractivity contribution >= 4 is 12.1 Å². The van der Waals surface area contributed by atoms with Crippen molar-refractivity contribution < 1.29 is 24.2 Å². The third kappa shape index (κ3) is 5.85. The van der Waals surface area contributed by atoms with Crippen LogP contribution in [-0.2, 0) is 14.3 Å². The predicted octanol–water partition coefficient (Wildman–Crippen LogP) is 5.06. The summed E-state index contributed by atoms with van der Waals surface area (Å²) in [5.41, 5.74) is 7.67. The fourth-order valence-corrected chi connectivity index (χ4v) is 5.15. The molecule has 1 heterocycles. The number of amides is 1. The molecule has 0 aromatic heterocycles. The molecular weight excluding hydrogens is 444 g/mol. The molecule has 1 fully saturated rings. The average molecular weight is 481 g/mol. The highest BCUT2D eigenvalue weighted by molar-refractivity contribution is 5.81. The first kappa shape index (κ1) is 25.2. The normalized spacial score (nSPS) is 18.0. The molecule has 2 aromatic carbocycles. The molecule has 1 aliphatic heterocycles. The SMILES string of the molecule is CCCC(CNN(C(=O)OCC1c2ccccc2-c2ccccc21)[C@H](C(=O)O)C(C)C)CC1CO1. The highest BCUT2D eigenvalue weighted by Crippen LogP contribution is 2.44. The van der Waals surface area contributed by atoms with E-state index in [4.69, 9.17) is 9.47 Å². The largest absolute Gasteiger partial charge is 0.480 e. The van der Waals surface area contributed by atoms with Crippen molar-refractivity contribution in [1.82, 2.24) is 10.4 Å². The van der Waals surface area contributed by atoms with Crippen molar-refractivity contribution in [1.29, 1.82) is 0 Å². The molecule has 4 rings (SSSR count). The summed E-state index contributed by atoms with van der Waals surface area (Å²) in [7, 11) is 0. The summed E-state index contributed by atoms with van der Waals surface area (Å²) in [6.45, 7) is 7.13. The van der Waals surface area contributed by atoms with E-state index >= 15 is 0 Å². The Kier molecular flexibility index (Phi) is 8.08. The predicted molar refractivity (Wildman–Crippen MR) is 134 cm³/mol. The fraction of sp³-hybridized carbons (Fsp3) is 0.500. The number of fused-ring (bicyclic) bond motifs is 3. The Morgan fingerprint density at radius 2 is 1.71 bits per heavy atom. The summed E-state index contributed by atoms with van der Waals surface area (Å²) >= 11 is 0. The van der Waals surface area contributed by atoms with Crippen molar-refractivity contribution in [2.24, 2.45) is 11.8 Å². The van der Waals surface area contributed by atoms with Gasteiger partial charge in [-0.2, -0.15) is 0 Å². The molecule has 35 heavy (non-hydrogen) atoms. The molecule has 0 bridgehead atoms. The Hall–Kier alpha value is -2.90. The van der Waals surface area contributed by atoms with Gasteiger partial charge in [-0.25, -0.2) is 20.0 Å². The van der Waals surface area contributed by atoms with Crippen LogP contribution in [0, 0.1) is 11.8 Å². The molecule has 0 radical (unpaired) electrons. The average Bonchev–Trinajstić information content (AvgIpc) is 3.60. The van der Waals surface area contributed by atoms with E-state index < -0.39 is 18.1 Å². The highest BCUT2D eigenvalue weighted by atomic mass is 16.6. The Morgan fingerprint density at radius 3 is 2.23 bits per heavy atom. The van der Waals surface area contributed by atoms with E-state index in [1.807, 2.05) is 24.3 Å². The first-order valence-electron chi connectivity index (χ1n) is 12.6. The number of benzene rings is 2. The van der Waals surface area contributed by atoms with Crippen LogP contribution in [0.1, 0.15) is 57.1 Å². The third-order valence-corrected chi connectivity index (χ3v) is 6.94. The van der Waals surface area contributed by atoms with Crippen molar-refractivity contribution in [3.63, 3.8) is 0 Å². The second-order valence-corrected chi connectivity index (χ2v) is 9.91. The molecule has 0 spiro atoms. The van der Waals surface area contributed by atoms with Crippen LogP contribution in [0.25, 0.3) is 11.1 Å². The number of hydrogen-bond donors (Lipinski definition) is 2. The number of aliphatic carboxylic acids is 1. The third-order valence-electron chi connectivity index (χ3n) is 6.94. The zero-order valence-corrected chi connectivity index (χ0v) is 20.8. The summed E-state index contributed by atoms with van der Waals surface area (Å²) in [5.74, 6) is -1.15. The second-order valence-electron chi connectivity index (χ2n) is 9.91. The minimum Gasteiger partial charge on any atom is -0.480 e. The number of epoxide rings is 1. The summed E-state index contributed by atoms with van der Waals surface area (Å²) < 4.78 is 11.2. The number of carbonyl (C=O) groups is 2. The van der Waals surface area contributed by atoms with E-state index in [-0.39, 0.29) is 30.5 Å². The molecule has 1 amide bonds. The van der Waals surface area contributed by atoms with E-state index in [0.717, 1.165) is 48.1 Å². The standard InChI is InChI=1S/C28H36N2O5/c1-4-9-19(14-20-16-34-20)15-29-30(26(18(2)3)27(31)32)28(33)35-17-25-23-12-7-5-10-21(23)22-11-6-8-13-24(22)25/h5-8,10-13,18-20,25-26,29H,4,9,14-17H2,1-3H3,(H,31,32)/t19?,20?,26-/m0/s1. The zero-order chi connectivity index (χ0) is 24.9. The van der Waals surface area contributed by atoms with Crippen LogP contribution >= 0.6 is 0 Å². The number of hydrazine groups is 1. The smallest absolute Gasteiger partial charge is 0.425 e. The molecule has 2 aromatic rings. The zero-order valence-electron chi connectivity index (χ0n) is 20.8. The maximum absolute atomic E-state index is 13.3. The van der Waals surface area contributed by atoms with Gasteiger partial charge in [0.1, 0.15) is 6.61 Å². The van der Waals surface area contributed by atoms with Crippen LogP contribution in [0.5, 0.6) is 0 Å². The number of nitrogens with one attached hydrogen (secondary N) is 1. The van der Waals surface area contributed by atoms with Gasteiger partial charge in [-0.15, -0.1) is 0 Å². The highest BCUT2D eigenvalue weighted by Gasteiger charge is 2.36. The lowest BCUT2D eigenvalue weighted by Gasteiger charge is -2.32. The van der Waals surface area contributed by atoms with Gasteiger partial charge < -0.3 is 14.6 Å². The minimum absolute atomic E-state index is 0.0876. The second kappa shape index (κ2) is 11.2. The van der Waals surface area contributed by atoms with Crippen LogP contribution in [0.4, 0.5) is 4.79 Å². The maximum atomic E-state index is 13.3. The maximum Gasteiger partial charge on any atom is 0.425 e. The number of rotatable bonds is 12. The fourth-order valence-electron chi connectivity index (χ4n) is 5.15. The van der Waals surface area contributed by atoms with E-state index in [2.05, 4.69) is 36.6 Å². The monoisotopic (exact) mass is 480 g/mol. The molecule has 7 heteroatoms. The minimum atomic E-state index is -1.06. The summed E-state index contributed by atoms with van der Waals surface area (Å²) in [6.07, 6.45) is 2.50.